The Hall–Kier alpha value is -3.94. The summed E-state index contributed by atoms with van der Waals surface area (Å²) in [4.78, 5) is 15.1. The molecule has 0 saturated carbocycles. The molecule has 4 aromatic rings. The number of amides is 1. The summed E-state index contributed by atoms with van der Waals surface area (Å²) in [5.74, 6) is 0.659. The molecule has 7 heteroatoms. The maximum atomic E-state index is 12.9. The Labute approximate surface area is 226 Å². The summed E-state index contributed by atoms with van der Waals surface area (Å²) in [6.45, 7) is 6.69. The number of rotatable bonds is 8. The lowest BCUT2D eigenvalue weighted by molar-refractivity contribution is -0.121. The fraction of sp³-hybridized carbons (Fsp3) is 0.100. The van der Waals surface area contributed by atoms with Gasteiger partial charge in [-0.15, -0.1) is 6.58 Å². The molecule has 184 valence electrons. The third kappa shape index (κ3) is 5.58. The molecule has 0 atom stereocenters. The minimum absolute atomic E-state index is 0.117. The van der Waals surface area contributed by atoms with Gasteiger partial charge in [0.2, 0.25) is 0 Å². The second-order valence-electron chi connectivity index (χ2n) is 8.59. The summed E-state index contributed by atoms with van der Waals surface area (Å²) in [7, 11) is 0. The molecular formula is C30H25N3O2S2. The van der Waals surface area contributed by atoms with Gasteiger partial charge in [-0.25, -0.2) is 4.68 Å². The Kier molecular flexibility index (Phi) is 7.35. The Bertz CT molecular complexity index is 1470. The van der Waals surface area contributed by atoms with Crippen molar-refractivity contribution in [2.45, 2.75) is 13.5 Å². The smallest absolute Gasteiger partial charge is 0.266 e. The van der Waals surface area contributed by atoms with Gasteiger partial charge >= 0.3 is 0 Å². The lowest BCUT2D eigenvalue weighted by atomic mass is 10.1. The molecule has 1 aliphatic heterocycles. The first-order chi connectivity index (χ1) is 18.0. The number of aromatic nitrogens is 2. The predicted molar refractivity (Wildman–Crippen MR) is 155 cm³/mol. The molecule has 37 heavy (non-hydrogen) atoms. The van der Waals surface area contributed by atoms with Crippen LogP contribution in [-0.2, 0) is 11.4 Å². The molecule has 5 nitrogen and oxygen atoms in total. The molecule has 0 unspecified atom stereocenters. The summed E-state index contributed by atoms with van der Waals surface area (Å²) in [5, 5.41) is 4.87. The third-order valence-corrected chi connectivity index (χ3v) is 7.27. The minimum Gasteiger partial charge on any atom is -0.489 e. The van der Waals surface area contributed by atoms with Crippen molar-refractivity contribution in [2.75, 3.05) is 6.54 Å². The van der Waals surface area contributed by atoms with Crippen molar-refractivity contribution in [1.82, 2.24) is 14.7 Å². The fourth-order valence-electron chi connectivity index (χ4n) is 3.92. The van der Waals surface area contributed by atoms with Gasteiger partial charge in [0.05, 0.1) is 16.3 Å². The molecule has 2 heterocycles. The summed E-state index contributed by atoms with van der Waals surface area (Å²) in [6, 6.07) is 26.1. The second kappa shape index (κ2) is 11.0. The predicted octanol–water partition coefficient (Wildman–Crippen LogP) is 6.81. The molecular weight excluding hydrogens is 498 g/mol. The number of benzene rings is 3. The van der Waals surface area contributed by atoms with Gasteiger partial charge in [-0.3, -0.25) is 9.69 Å². The van der Waals surface area contributed by atoms with Crippen molar-refractivity contribution in [1.29, 1.82) is 0 Å². The van der Waals surface area contributed by atoms with Crippen LogP contribution in [0.2, 0.25) is 0 Å². The molecule has 0 N–H and O–H groups in total. The number of hydrogen-bond acceptors (Lipinski definition) is 5. The van der Waals surface area contributed by atoms with Crippen LogP contribution in [0.3, 0.4) is 0 Å². The topological polar surface area (TPSA) is 47.4 Å². The van der Waals surface area contributed by atoms with Crippen LogP contribution in [0.4, 0.5) is 0 Å². The van der Waals surface area contributed by atoms with Gasteiger partial charge in [0.15, 0.2) is 0 Å². The van der Waals surface area contributed by atoms with Gasteiger partial charge in [-0.1, -0.05) is 78.1 Å². The Morgan fingerprint density at radius 2 is 1.76 bits per heavy atom. The lowest BCUT2D eigenvalue weighted by Gasteiger charge is -2.10. The molecule has 1 aliphatic rings. The van der Waals surface area contributed by atoms with Crippen LogP contribution < -0.4 is 4.74 Å². The Morgan fingerprint density at radius 3 is 2.46 bits per heavy atom. The average Bonchev–Trinajstić information content (AvgIpc) is 3.46. The SMILES string of the molecule is C=CCN1C(=O)C(=Cc2cn(-c3ccccc3)nc2-c2ccc(OCc3ccc(C)cc3)cc2)SC1=S. The van der Waals surface area contributed by atoms with E-state index in [-0.39, 0.29) is 5.91 Å². The number of thiocarbonyl (C=S) groups is 1. The normalized spacial score (nSPS) is 14.4. The van der Waals surface area contributed by atoms with Crippen molar-refractivity contribution in [3.05, 3.63) is 119 Å². The number of hydrogen-bond donors (Lipinski definition) is 0. The monoisotopic (exact) mass is 523 g/mol. The first kappa shape index (κ1) is 24.7. The number of nitrogens with zero attached hydrogens (tertiary/aromatic N) is 3. The highest BCUT2D eigenvalue weighted by Crippen LogP contribution is 2.35. The van der Waals surface area contributed by atoms with Crippen LogP contribution in [0.15, 0.2) is 103 Å². The molecule has 3 aromatic carbocycles. The molecule has 1 fully saturated rings. The lowest BCUT2D eigenvalue weighted by Crippen LogP contribution is -2.27. The zero-order valence-electron chi connectivity index (χ0n) is 20.3. The first-order valence-electron chi connectivity index (χ1n) is 11.8. The Morgan fingerprint density at radius 1 is 1.03 bits per heavy atom. The highest BCUT2D eigenvalue weighted by molar-refractivity contribution is 8.26. The summed E-state index contributed by atoms with van der Waals surface area (Å²) in [5.41, 5.74) is 5.79. The first-order valence-corrected chi connectivity index (χ1v) is 13.0. The quantitative estimate of drug-likeness (QED) is 0.144. The van der Waals surface area contributed by atoms with Gasteiger partial charge in [0.1, 0.15) is 16.7 Å². The highest BCUT2D eigenvalue weighted by Gasteiger charge is 2.31. The second-order valence-corrected chi connectivity index (χ2v) is 10.3. The van der Waals surface area contributed by atoms with E-state index in [9.17, 15) is 4.79 Å². The zero-order valence-corrected chi connectivity index (χ0v) is 22.0. The van der Waals surface area contributed by atoms with Gasteiger partial charge in [-0.2, -0.15) is 5.10 Å². The third-order valence-electron chi connectivity index (χ3n) is 5.89. The molecule has 0 bridgehead atoms. The van der Waals surface area contributed by atoms with Crippen molar-refractivity contribution < 1.29 is 9.53 Å². The minimum atomic E-state index is -0.117. The molecule has 1 saturated heterocycles. The van der Waals surface area contributed by atoms with E-state index in [1.54, 1.807) is 11.0 Å². The van der Waals surface area contributed by atoms with E-state index in [1.807, 2.05) is 71.6 Å². The number of ether oxygens (including phenoxy) is 1. The van der Waals surface area contributed by atoms with Crippen molar-refractivity contribution >= 4 is 40.3 Å². The largest absolute Gasteiger partial charge is 0.489 e. The molecule has 0 spiro atoms. The van der Waals surface area contributed by atoms with Crippen LogP contribution in [0.5, 0.6) is 5.75 Å². The fourth-order valence-corrected chi connectivity index (χ4v) is 5.18. The van der Waals surface area contributed by atoms with Gasteiger partial charge in [0.25, 0.3) is 5.91 Å². The van der Waals surface area contributed by atoms with Gasteiger partial charge in [0, 0.05) is 23.9 Å². The number of carbonyl (C=O) groups is 1. The molecule has 0 aliphatic carbocycles. The number of thioether (sulfide) groups is 1. The van der Waals surface area contributed by atoms with Crippen molar-refractivity contribution in [2.24, 2.45) is 0 Å². The Balaban J connectivity index is 1.45. The molecule has 5 rings (SSSR count). The van der Waals surface area contributed by atoms with Crippen LogP contribution >= 0.6 is 24.0 Å². The zero-order chi connectivity index (χ0) is 25.8. The molecule has 0 radical (unpaired) electrons. The van der Waals surface area contributed by atoms with E-state index in [0.717, 1.165) is 33.8 Å². The summed E-state index contributed by atoms with van der Waals surface area (Å²) < 4.78 is 8.34. The molecule has 1 amide bonds. The van der Waals surface area contributed by atoms with E-state index in [2.05, 4.69) is 37.8 Å². The average molecular weight is 524 g/mol. The van der Waals surface area contributed by atoms with Crippen LogP contribution in [0, 0.1) is 6.92 Å². The number of carbonyl (C=O) groups excluding carboxylic acids is 1. The summed E-state index contributed by atoms with van der Waals surface area (Å²) >= 11 is 6.71. The van der Waals surface area contributed by atoms with Crippen LogP contribution in [0.1, 0.15) is 16.7 Å². The standard InChI is InChI=1S/C30H25N3O2S2/c1-3-17-32-29(34)27(37-30(32)36)18-24-19-33(25-7-5-4-6-8-25)31-28(24)23-13-15-26(16-14-23)35-20-22-11-9-21(2)10-12-22/h3-16,18-19H,1,17,20H2,2H3. The number of aryl methyl sites for hydroxylation is 1. The van der Waals surface area contributed by atoms with E-state index < -0.39 is 0 Å². The maximum absolute atomic E-state index is 12.9. The van der Waals surface area contributed by atoms with E-state index in [0.29, 0.717) is 22.4 Å². The van der Waals surface area contributed by atoms with Crippen LogP contribution in [-0.4, -0.2) is 31.5 Å². The molecule has 1 aromatic heterocycles. The van der Waals surface area contributed by atoms with E-state index >= 15 is 0 Å². The number of para-hydroxylation sites is 1. The summed E-state index contributed by atoms with van der Waals surface area (Å²) in [6.07, 6.45) is 5.48. The highest BCUT2D eigenvalue weighted by atomic mass is 32.2. The van der Waals surface area contributed by atoms with Gasteiger partial charge in [-0.05, 0) is 55.0 Å². The van der Waals surface area contributed by atoms with E-state index in [1.165, 1.54) is 17.3 Å². The van der Waals surface area contributed by atoms with Crippen molar-refractivity contribution in [3.63, 3.8) is 0 Å². The van der Waals surface area contributed by atoms with Crippen LogP contribution in [0.25, 0.3) is 23.0 Å². The van der Waals surface area contributed by atoms with E-state index in [4.69, 9.17) is 22.1 Å². The van der Waals surface area contributed by atoms with Crippen molar-refractivity contribution in [3.8, 4) is 22.7 Å². The maximum Gasteiger partial charge on any atom is 0.266 e. The van der Waals surface area contributed by atoms with Gasteiger partial charge < -0.3 is 4.74 Å².